The van der Waals surface area contributed by atoms with Crippen molar-refractivity contribution >= 4 is 11.6 Å². The van der Waals surface area contributed by atoms with E-state index in [9.17, 15) is 4.39 Å². The highest BCUT2D eigenvalue weighted by molar-refractivity contribution is 6.30. The molecule has 0 aliphatic heterocycles. The zero-order chi connectivity index (χ0) is 9.26. The van der Waals surface area contributed by atoms with Crippen LogP contribution >= 0.6 is 11.6 Å². The average Bonchev–Trinajstić information content (AvgIpc) is 2.62. The Bertz CT molecular complexity index is 303. The summed E-state index contributed by atoms with van der Waals surface area (Å²) in [6.07, 6.45) is 4.65. The second kappa shape index (κ2) is 3.67. The summed E-state index contributed by atoms with van der Waals surface area (Å²) < 4.78 is 13.5. The summed E-state index contributed by atoms with van der Waals surface area (Å²) in [6, 6.07) is 5.30. The highest BCUT2D eigenvalue weighted by atomic mass is 35.5. The van der Waals surface area contributed by atoms with Crippen molar-refractivity contribution in [1.29, 1.82) is 0 Å². The van der Waals surface area contributed by atoms with Gasteiger partial charge in [-0.15, -0.1) is 0 Å². The quantitative estimate of drug-likeness (QED) is 0.637. The zero-order valence-corrected chi connectivity index (χ0v) is 8.15. The molecule has 0 heterocycles. The molecular formula is C11H12ClF. The van der Waals surface area contributed by atoms with Gasteiger partial charge in [0.15, 0.2) is 0 Å². The predicted molar refractivity (Wildman–Crippen MR) is 52.6 cm³/mol. The lowest BCUT2D eigenvalue weighted by Gasteiger charge is -2.10. The fraction of sp³-hybridized carbons (Fsp3) is 0.455. The number of rotatable bonds is 1. The Morgan fingerprint density at radius 1 is 1.23 bits per heavy atom. The van der Waals surface area contributed by atoms with Crippen LogP contribution in [-0.2, 0) is 0 Å². The normalized spacial score (nSPS) is 18.0. The molecule has 2 rings (SSSR count). The van der Waals surface area contributed by atoms with Crippen LogP contribution in [0.5, 0.6) is 0 Å². The Morgan fingerprint density at radius 2 is 1.92 bits per heavy atom. The largest absolute Gasteiger partial charge is 0.205 e. The maximum Gasteiger partial charge on any atom is 0.145 e. The van der Waals surface area contributed by atoms with Crippen molar-refractivity contribution < 1.29 is 4.39 Å². The maximum atomic E-state index is 13.5. The number of hydrogen-bond donors (Lipinski definition) is 0. The Balaban J connectivity index is 2.33. The van der Waals surface area contributed by atoms with Gasteiger partial charge in [0.05, 0.1) is 5.02 Å². The molecule has 70 valence electrons. The van der Waals surface area contributed by atoms with Gasteiger partial charge in [-0.2, -0.15) is 0 Å². The summed E-state index contributed by atoms with van der Waals surface area (Å²) in [4.78, 5) is 0. The second-order valence-electron chi connectivity index (χ2n) is 3.62. The summed E-state index contributed by atoms with van der Waals surface area (Å²) in [7, 11) is 0. The van der Waals surface area contributed by atoms with Gasteiger partial charge in [-0.25, -0.2) is 4.39 Å². The van der Waals surface area contributed by atoms with Crippen LogP contribution < -0.4 is 0 Å². The molecule has 0 bridgehead atoms. The van der Waals surface area contributed by atoms with Crippen molar-refractivity contribution in [2.75, 3.05) is 0 Å². The Labute approximate surface area is 82.7 Å². The molecule has 1 aliphatic rings. The summed E-state index contributed by atoms with van der Waals surface area (Å²) in [5.41, 5.74) is 0.810. The van der Waals surface area contributed by atoms with Gasteiger partial charge in [0.2, 0.25) is 0 Å². The summed E-state index contributed by atoms with van der Waals surface area (Å²) >= 11 is 5.72. The second-order valence-corrected chi connectivity index (χ2v) is 4.03. The Morgan fingerprint density at radius 3 is 2.62 bits per heavy atom. The smallest absolute Gasteiger partial charge is 0.145 e. The molecule has 1 aromatic rings. The molecule has 0 nitrogen and oxygen atoms in total. The minimum absolute atomic E-state index is 0.212. The first-order valence-electron chi connectivity index (χ1n) is 4.73. The summed E-state index contributed by atoms with van der Waals surface area (Å²) in [5.74, 6) is 0.190. The van der Waals surface area contributed by atoms with Gasteiger partial charge in [-0.05, 0) is 30.4 Å². The molecule has 13 heavy (non-hydrogen) atoms. The molecule has 1 fully saturated rings. The van der Waals surface area contributed by atoms with Crippen LogP contribution in [-0.4, -0.2) is 0 Å². The third kappa shape index (κ3) is 1.71. The predicted octanol–water partition coefficient (Wildman–Crippen LogP) is 4.14. The van der Waals surface area contributed by atoms with Crippen molar-refractivity contribution in [3.63, 3.8) is 0 Å². The van der Waals surface area contributed by atoms with Crippen LogP contribution in [0.25, 0.3) is 0 Å². The van der Waals surface area contributed by atoms with E-state index in [4.69, 9.17) is 11.6 Å². The summed E-state index contributed by atoms with van der Waals surface area (Å²) in [6.45, 7) is 0. The lowest BCUT2D eigenvalue weighted by molar-refractivity contribution is 0.581. The van der Waals surface area contributed by atoms with E-state index in [-0.39, 0.29) is 10.8 Å². The zero-order valence-electron chi connectivity index (χ0n) is 7.39. The van der Waals surface area contributed by atoms with Gasteiger partial charge < -0.3 is 0 Å². The van der Waals surface area contributed by atoms with Gasteiger partial charge in [-0.1, -0.05) is 36.6 Å². The molecule has 1 aromatic carbocycles. The van der Waals surface area contributed by atoms with Crippen LogP contribution in [0.1, 0.15) is 37.2 Å². The van der Waals surface area contributed by atoms with E-state index >= 15 is 0 Å². The van der Waals surface area contributed by atoms with Crippen LogP contribution in [0, 0.1) is 5.82 Å². The number of benzene rings is 1. The standard InChI is InChI=1S/C11H12ClF/c12-10-7-3-6-9(11(10)13)8-4-1-2-5-8/h3,6-8H,1-2,4-5H2. The van der Waals surface area contributed by atoms with Crippen LogP contribution in [0.4, 0.5) is 4.39 Å². The third-order valence-corrected chi connectivity index (χ3v) is 3.07. The highest BCUT2D eigenvalue weighted by Crippen LogP contribution is 2.36. The van der Waals surface area contributed by atoms with Crippen molar-refractivity contribution in [2.45, 2.75) is 31.6 Å². The van der Waals surface area contributed by atoms with E-state index in [1.165, 1.54) is 12.8 Å². The van der Waals surface area contributed by atoms with Gasteiger partial charge in [-0.3, -0.25) is 0 Å². The first-order valence-corrected chi connectivity index (χ1v) is 5.11. The van der Waals surface area contributed by atoms with Crippen molar-refractivity contribution in [1.82, 2.24) is 0 Å². The third-order valence-electron chi connectivity index (χ3n) is 2.78. The van der Waals surface area contributed by atoms with E-state index in [0.717, 1.165) is 18.4 Å². The molecule has 0 unspecified atom stereocenters. The molecule has 2 heteroatoms. The van der Waals surface area contributed by atoms with Crippen LogP contribution in [0.2, 0.25) is 5.02 Å². The molecular weight excluding hydrogens is 187 g/mol. The van der Waals surface area contributed by atoms with Gasteiger partial charge >= 0.3 is 0 Å². The highest BCUT2D eigenvalue weighted by Gasteiger charge is 2.20. The van der Waals surface area contributed by atoms with Crippen molar-refractivity contribution in [3.8, 4) is 0 Å². The molecule has 0 N–H and O–H groups in total. The van der Waals surface area contributed by atoms with Crippen molar-refractivity contribution in [2.24, 2.45) is 0 Å². The topological polar surface area (TPSA) is 0 Å². The van der Waals surface area contributed by atoms with Crippen LogP contribution in [0.15, 0.2) is 18.2 Å². The molecule has 1 saturated carbocycles. The van der Waals surface area contributed by atoms with Crippen molar-refractivity contribution in [3.05, 3.63) is 34.6 Å². The van der Waals surface area contributed by atoms with E-state index in [0.29, 0.717) is 5.92 Å². The first-order chi connectivity index (χ1) is 6.29. The SMILES string of the molecule is Fc1c(Cl)cccc1C1CCCC1. The molecule has 0 radical (unpaired) electrons. The molecule has 0 saturated heterocycles. The molecule has 0 atom stereocenters. The lowest BCUT2D eigenvalue weighted by Crippen LogP contribution is -1.96. The lowest BCUT2D eigenvalue weighted by atomic mass is 9.97. The Hall–Kier alpha value is -0.560. The minimum atomic E-state index is -0.212. The molecule has 0 spiro atoms. The van der Waals surface area contributed by atoms with E-state index in [2.05, 4.69) is 0 Å². The van der Waals surface area contributed by atoms with Gasteiger partial charge in [0, 0.05) is 0 Å². The monoisotopic (exact) mass is 198 g/mol. The van der Waals surface area contributed by atoms with Gasteiger partial charge in [0.1, 0.15) is 5.82 Å². The van der Waals surface area contributed by atoms with E-state index in [1.807, 2.05) is 12.1 Å². The summed E-state index contributed by atoms with van der Waals surface area (Å²) in [5, 5.41) is 0.254. The average molecular weight is 199 g/mol. The minimum Gasteiger partial charge on any atom is -0.205 e. The number of halogens is 2. The molecule has 1 aliphatic carbocycles. The Kier molecular flexibility index (Phi) is 2.54. The molecule has 0 aromatic heterocycles. The fourth-order valence-corrected chi connectivity index (χ4v) is 2.25. The fourth-order valence-electron chi connectivity index (χ4n) is 2.07. The number of hydrogen-bond acceptors (Lipinski definition) is 0. The maximum absolute atomic E-state index is 13.5. The van der Waals surface area contributed by atoms with E-state index in [1.54, 1.807) is 6.07 Å². The van der Waals surface area contributed by atoms with E-state index < -0.39 is 0 Å². The first kappa shape index (κ1) is 9.01. The molecule has 0 amide bonds. The van der Waals surface area contributed by atoms with Crippen LogP contribution in [0.3, 0.4) is 0 Å². The van der Waals surface area contributed by atoms with Gasteiger partial charge in [0.25, 0.3) is 0 Å².